The molecule has 6 heteroatoms. The predicted octanol–water partition coefficient (Wildman–Crippen LogP) is 1.77. The lowest BCUT2D eigenvalue weighted by Crippen LogP contribution is -2.34. The third-order valence-electron chi connectivity index (χ3n) is 3.69. The number of carbonyl (C=O) groups excluding carboxylic acids is 1. The summed E-state index contributed by atoms with van der Waals surface area (Å²) < 4.78 is 1.74. The van der Waals surface area contributed by atoms with Crippen LogP contribution in [0.2, 0.25) is 0 Å². The molecular weight excluding hydrogens is 266 g/mol. The van der Waals surface area contributed by atoms with Crippen LogP contribution in [-0.4, -0.2) is 45.4 Å². The van der Waals surface area contributed by atoms with Gasteiger partial charge in [-0.3, -0.25) is 9.48 Å². The number of nitrogens with two attached hydrogens (primary N) is 1. The number of amides is 1. The Morgan fingerprint density at radius 2 is 2.00 bits per heavy atom. The first-order valence-electron chi connectivity index (χ1n) is 7.72. The van der Waals surface area contributed by atoms with Gasteiger partial charge >= 0.3 is 0 Å². The van der Waals surface area contributed by atoms with E-state index in [4.69, 9.17) is 5.73 Å². The first kappa shape index (κ1) is 17.6. The Labute approximate surface area is 127 Å². The molecule has 1 atom stereocenters. The maximum Gasteiger partial charge on any atom is 0.275 e. The molecule has 1 aromatic heterocycles. The third-order valence-corrected chi connectivity index (χ3v) is 3.69. The van der Waals surface area contributed by atoms with Crippen LogP contribution in [0, 0.1) is 11.8 Å². The van der Waals surface area contributed by atoms with Gasteiger partial charge < -0.3 is 10.6 Å². The van der Waals surface area contributed by atoms with Crippen molar-refractivity contribution < 1.29 is 4.79 Å². The minimum Gasteiger partial charge on any atom is -0.340 e. The van der Waals surface area contributed by atoms with Gasteiger partial charge in [-0.1, -0.05) is 32.9 Å². The number of rotatable bonds is 8. The SMILES string of the molecule is CC(C)CCn1cc(C(=O)N(C)CCC(N)C(C)C)nn1. The summed E-state index contributed by atoms with van der Waals surface area (Å²) >= 11 is 0. The molecule has 21 heavy (non-hydrogen) atoms. The van der Waals surface area contributed by atoms with Crippen LogP contribution in [0.25, 0.3) is 0 Å². The van der Waals surface area contributed by atoms with Crippen LogP contribution in [0.3, 0.4) is 0 Å². The zero-order chi connectivity index (χ0) is 16.0. The summed E-state index contributed by atoms with van der Waals surface area (Å²) in [4.78, 5) is 13.9. The molecular formula is C15H29N5O. The van der Waals surface area contributed by atoms with Gasteiger partial charge in [0.05, 0.1) is 6.20 Å². The number of carbonyl (C=O) groups is 1. The molecule has 6 nitrogen and oxygen atoms in total. The Kier molecular flexibility index (Phi) is 6.81. The van der Waals surface area contributed by atoms with Crippen molar-refractivity contribution in [2.45, 2.75) is 53.1 Å². The smallest absolute Gasteiger partial charge is 0.275 e. The Balaban J connectivity index is 2.50. The van der Waals surface area contributed by atoms with Gasteiger partial charge in [0.1, 0.15) is 0 Å². The van der Waals surface area contributed by atoms with E-state index in [-0.39, 0.29) is 11.9 Å². The standard InChI is InChI=1S/C15H29N5O/c1-11(2)6-9-20-10-14(17-18-20)15(21)19(5)8-7-13(16)12(3)4/h10-13H,6-9,16H2,1-5H3. The molecule has 1 amide bonds. The number of aromatic nitrogens is 3. The van der Waals surface area contributed by atoms with Gasteiger partial charge in [0.2, 0.25) is 0 Å². The topological polar surface area (TPSA) is 77.0 Å². The van der Waals surface area contributed by atoms with Gasteiger partial charge in [-0.2, -0.15) is 0 Å². The van der Waals surface area contributed by atoms with Crippen molar-refractivity contribution in [1.29, 1.82) is 0 Å². The molecule has 0 aromatic carbocycles. The highest BCUT2D eigenvalue weighted by Gasteiger charge is 2.17. The minimum absolute atomic E-state index is 0.0956. The highest BCUT2D eigenvalue weighted by Crippen LogP contribution is 2.07. The van der Waals surface area contributed by atoms with Gasteiger partial charge in [-0.05, 0) is 24.7 Å². The van der Waals surface area contributed by atoms with E-state index in [0.29, 0.717) is 24.1 Å². The second kappa shape index (κ2) is 8.12. The summed E-state index contributed by atoms with van der Waals surface area (Å²) in [6, 6.07) is 0.113. The summed E-state index contributed by atoms with van der Waals surface area (Å²) in [6.45, 7) is 9.93. The quantitative estimate of drug-likeness (QED) is 0.793. The van der Waals surface area contributed by atoms with Crippen LogP contribution in [0.5, 0.6) is 0 Å². The van der Waals surface area contributed by atoms with E-state index < -0.39 is 0 Å². The zero-order valence-electron chi connectivity index (χ0n) is 13.9. The van der Waals surface area contributed by atoms with Crippen LogP contribution in [-0.2, 0) is 6.54 Å². The number of hydrogen-bond donors (Lipinski definition) is 1. The average Bonchev–Trinajstić information content (AvgIpc) is 2.89. The van der Waals surface area contributed by atoms with Gasteiger partial charge in [0.15, 0.2) is 5.69 Å². The van der Waals surface area contributed by atoms with Crippen molar-refractivity contribution >= 4 is 5.91 Å². The molecule has 0 bridgehead atoms. The summed E-state index contributed by atoms with van der Waals surface area (Å²) in [5.74, 6) is 0.931. The van der Waals surface area contributed by atoms with E-state index in [2.05, 4.69) is 38.0 Å². The molecule has 1 unspecified atom stereocenters. The molecule has 0 saturated heterocycles. The molecule has 0 spiro atoms. The molecule has 0 aliphatic rings. The summed E-state index contributed by atoms with van der Waals surface area (Å²) in [7, 11) is 1.78. The van der Waals surface area contributed by atoms with Crippen LogP contribution >= 0.6 is 0 Å². The van der Waals surface area contributed by atoms with Gasteiger partial charge in [0, 0.05) is 26.2 Å². The molecule has 0 aliphatic carbocycles. The Bertz CT molecular complexity index is 441. The lowest BCUT2D eigenvalue weighted by atomic mass is 10.0. The second-order valence-corrected chi connectivity index (χ2v) is 6.47. The lowest BCUT2D eigenvalue weighted by molar-refractivity contribution is 0.0783. The maximum absolute atomic E-state index is 12.2. The second-order valence-electron chi connectivity index (χ2n) is 6.47. The van der Waals surface area contributed by atoms with Crippen molar-refractivity contribution in [2.75, 3.05) is 13.6 Å². The Hall–Kier alpha value is -1.43. The Morgan fingerprint density at radius 1 is 1.33 bits per heavy atom. The lowest BCUT2D eigenvalue weighted by Gasteiger charge is -2.20. The normalized spacial score (nSPS) is 13.0. The van der Waals surface area contributed by atoms with Gasteiger partial charge in [-0.15, -0.1) is 5.10 Å². The van der Waals surface area contributed by atoms with Crippen molar-refractivity contribution in [2.24, 2.45) is 17.6 Å². The molecule has 0 fully saturated rings. The van der Waals surface area contributed by atoms with Crippen molar-refractivity contribution in [3.8, 4) is 0 Å². The summed E-state index contributed by atoms with van der Waals surface area (Å²) in [6.07, 6.45) is 3.54. The first-order valence-corrected chi connectivity index (χ1v) is 7.72. The molecule has 1 rings (SSSR count). The van der Waals surface area contributed by atoms with Crippen molar-refractivity contribution in [3.63, 3.8) is 0 Å². The molecule has 2 N–H and O–H groups in total. The monoisotopic (exact) mass is 295 g/mol. The van der Waals surface area contributed by atoms with Crippen LogP contribution < -0.4 is 5.73 Å². The van der Waals surface area contributed by atoms with Crippen molar-refractivity contribution in [3.05, 3.63) is 11.9 Å². The molecule has 0 radical (unpaired) electrons. The predicted molar refractivity (Wildman–Crippen MR) is 83.9 cm³/mol. The Morgan fingerprint density at radius 3 is 2.57 bits per heavy atom. The van der Waals surface area contributed by atoms with Crippen LogP contribution in [0.1, 0.15) is 51.0 Å². The fourth-order valence-electron chi connectivity index (χ4n) is 1.87. The van der Waals surface area contributed by atoms with Gasteiger partial charge in [-0.25, -0.2) is 0 Å². The van der Waals surface area contributed by atoms with E-state index in [1.807, 2.05) is 0 Å². The summed E-state index contributed by atoms with van der Waals surface area (Å²) in [5.41, 5.74) is 6.41. The fourth-order valence-corrected chi connectivity index (χ4v) is 1.87. The third kappa shape index (κ3) is 5.83. The minimum atomic E-state index is -0.0956. The number of nitrogens with zero attached hydrogens (tertiary/aromatic N) is 4. The fraction of sp³-hybridized carbons (Fsp3) is 0.800. The molecule has 0 saturated carbocycles. The highest BCUT2D eigenvalue weighted by atomic mass is 16.2. The average molecular weight is 295 g/mol. The van der Waals surface area contributed by atoms with Gasteiger partial charge in [0.25, 0.3) is 5.91 Å². The zero-order valence-corrected chi connectivity index (χ0v) is 13.9. The summed E-state index contributed by atoms with van der Waals surface area (Å²) in [5, 5.41) is 7.98. The van der Waals surface area contributed by atoms with Crippen molar-refractivity contribution in [1.82, 2.24) is 19.9 Å². The van der Waals surface area contributed by atoms with Crippen LogP contribution in [0.4, 0.5) is 0 Å². The maximum atomic E-state index is 12.2. The van der Waals surface area contributed by atoms with E-state index in [0.717, 1.165) is 19.4 Å². The molecule has 1 aromatic rings. The molecule has 0 aliphatic heterocycles. The first-order chi connectivity index (χ1) is 9.81. The van der Waals surface area contributed by atoms with E-state index >= 15 is 0 Å². The van der Waals surface area contributed by atoms with Crippen LogP contribution in [0.15, 0.2) is 6.20 Å². The van der Waals surface area contributed by atoms with E-state index in [9.17, 15) is 4.79 Å². The molecule has 120 valence electrons. The number of aryl methyl sites for hydroxylation is 1. The van der Waals surface area contributed by atoms with E-state index in [1.54, 1.807) is 22.8 Å². The van der Waals surface area contributed by atoms with E-state index in [1.165, 1.54) is 0 Å². The number of hydrogen-bond acceptors (Lipinski definition) is 4. The largest absolute Gasteiger partial charge is 0.340 e. The molecule has 1 heterocycles. The highest BCUT2D eigenvalue weighted by molar-refractivity contribution is 5.91.